The number of nitrogens with one attached hydrogen (secondary N) is 2. The lowest BCUT2D eigenvalue weighted by Gasteiger charge is -2.08. The number of carbonyl (C=O) groups excluding carboxylic acids is 1. The maximum absolute atomic E-state index is 11.6. The summed E-state index contributed by atoms with van der Waals surface area (Å²) in [6.07, 6.45) is 1.59. The molecule has 0 bridgehead atoms. The van der Waals surface area contributed by atoms with Crippen LogP contribution in [0.2, 0.25) is 0 Å². The number of hydrogen-bond acceptors (Lipinski definition) is 3. The molecule has 1 heterocycles. The number of rotatable bonds is 5. The van der Waals surface area contributed by atoms with Crippen molar-refractivity contribution >= 4 is 27.5 Å². The number of carbonyl (C=O) groups is 1. The average Bonchev–Trinajstić information content (AvgIpc) is 2.91. The van der Waals surface area contributed by atoms with E-state index >= 15 is 0 Å². The fraction of sp³-hybridized carbons (Fsp3) is 0.214. The van der Waals surface area contributed by atoms with Gasteiger partial charge in [0.25, 0.3) is 0 Å². The van der Waals surface area contributed by atoms with Gasteiger partial charge in [0.15, 0.2) is 0 Å². The molecule has 0 aliphatic heterocycles. The monoisotopic (exact) mass is 322 g/mol. The van der Waals surface area contributed by atoms with E-state index in [1.807, 2.05) is 31.2 Å². The fourth-order valence-corrected chi connectivity index (χ4v) is 1.84. The summed E-state index contributed by atoms with van der Waals surface area (Å²) in [6.45, 7) is 2.65. The van der Waals surface area contributed by atoms with Gasteiger partial charge in [0.1, 0.15) is 5.76 Å². The Labute approximate surface area is 120 Å². The molecule has 2 aromatic rings. The van der Waals surface area contributed by atoms with Gasteiger partial charge >= 0.3 is 0 Å². The predicted molar refractivity (Wildman–Crippen MR) is 77.9 cm³/mol. The van der Waals surface area contributed by atoms with E-state index in [2.05, 4.69) is 26.6 Å². The minimum absolute atomic E-state index is 0.0722. The molecule has 0 fully saturated rings. The van der Waals surface area contributed by atoms with Crippen LogP contribution in [-0.2, 0) is 11.3 Å². The van der Waals surface area contributed by atoms with Gasteiger partial charge in [-0.1, -0.05) is 15.9 Å². The van der Waals surface area contributed by atoms with Gasteiger partial charge in [0.2, 0.25) is 5.91 Å². The number of hydrogen-bond donors (Lipinski definition) is 2. The lowest BCUT2D eigenvalue weighted by Crippen LogP contribution is -2.29. The molecule has 1 amide bonds. The molecule has 2 rings (SSSR count). The Hall–Kier alpha value is -1.75. The Bertz CT molecular complexity index is 553. The van der Waals surface area contributed by atoms with E-state index in [1.54, 1.807) is 12.3 Å². The van der Waals surface area contributed by atoms with Crippen LogP contribution in [0.3, 0.4) is 0 Å². The van der Waals surface area contributed by atoms with Crippen molar-refractivity contribution in [2.45, 2.75) is 13.5 Å². The van der Waals surface area contributed by atoms with Crippen molar-refractivity contribution in [2.24, 2.45) is 0 Å². The van der Waals surface area contributed by atoms with E-state index < -0.39 is 0 Å². The topological polar surface area (TPSA) is 54.3 Å². The standard InChI is InChI=1S/C14H15BrN2O2/c1-10-7-11(4-5-13(10)15)16-9-14(18)17-8-12-3-2-6-19-12/h2-7,16H,8-9H2,1H3,(H,17,18). The first-order valence-electron chi connectivity index (χ1n) is 5.94. The quantitative estimate of drug-likeness (QED) is 0.889. The first-order valence-corrected chi connectivity index (χ1v) is 6.73. The van der Waals surface area contributed by atoms with Gasteiger partial charge < -0.3 is 15.1 Å². The summed E-state index contributed by atoms with van der Waals surface area (Å²) < 4.78 is 6.19. The summed E-state index contributed by atoms with van der Waals surface area (Å²) in [5.41, 5.74) is 2.05. The molecule has 19 heavy (non-hydrogen) atoms. The first kappa shape index (κ1) is 13.7. The molecule has 1 aromatic heterocycles. The van der Waals surface area contributed by atoms with E-state index in [-0.39, 0.29) is 12.5 Å². The Morgan fingerprint density at radius 1 is 1.37 bits per heavy atom. The van der Waals surface area contributed by atoms with Gasteiger partial charge in [-0.3, -0.25) is 4.79 Å². The molecule has 0 aliphatic rings. The van der Waals surface area contributed by atoms with Gasteiger partial charge in [0.05, 0.1) is 19.4 Å². The summed E-state index contributed by atoms with van der Waals surface area (Å²) >= 11 is 3.44. The fourth-order valence-electron chi connectivity index (χ4n) is 1.60. The number of benzene rings is 1. The van der Waals surface area contributed by atoms with Crippen molar-refractivity contribution in [2.75, 3.05) is 11.9 Å². The molecule has 0 atom stereocenters. The molecular weight excluding hydrogens is 308 g/mol. The third-order valence-electron chi connectivity index (χ3n) is 2.65. The summed E-state index contributed by atoms with van der Waals surface area (Å²) in [7, 11) is 0. The molecule has 0 unspecified atom stereocenters. The normalized spacial score (nSPS) is 10.2. The van der Waals surface area contributed by atoms with Crippen molar-refractivity contribution in [3.8, 4) is 0 Å². The lowest BCUT2D eigenvalue weighted by atomic mass is 10.2. The van der Waals surface area contributed by atoms with Crippen molar-refractivity contribution < 1.29 is 9.21 Å². The van der Waals surface area contributed by atoms with Crippen LogP contribution in [0, 0.1) is 6.92 Å². The smallest absolute Gasteiger partial charge is 0.239 e. The number of amides is 1. The van der Waals surface area contributed by atoms with E-state index in [1.165, 1.54) is 0 Å². The number of aryl methyl sites for hydroxylation is 1. The number of halogens is 1. The number of anilines is 1. The molecule has 1 aromatic carbocycles. The Kier molecular flexibility index (Phi) is 4.63. The second-order valence-electron chi connectivity index (χ2n) is 4.17. The highest BCUT2D eigenvalue weighted by molar-refractivity contribution is 9.10. The Morgan fingerprint density at radius 2 is 2.21 bits per heavy atom. The van der Waals surface area contributed by atoms with Crippen molar-refractivity contribution in [3.05, 3.63) is 52.4 Å². The second-order valence-corrected chi connectivity index (χ2v) is 5.03. The van der Waals surface area contributed by atoms with Crippen LogP contribution in [-0.4, -0.2) is 12.5 Å². The molecule has 5 heteroatoms. The molecule has 0 saturated carbocycles. The minimum Gasteiger partial charge on any atom is -0.467 e. The third-order valence-corrected chi connectivity index (χ3v) is 3.54. The zero-order valence-electron chi connectivity index (χ0n) is 10.6. The van der Waals surface area contributed by atoms with Crippen LogP contribution < -0.4 is 10.6 Å². The van der Waals surface area contributed by atoms with Crippen molar-refractivity contribution in [3.63, 3.8) is 0 Å². The van der Waals surface area contributed by atoms with Crippen molar-refractivity contribution in [1.29, 1.82) is 0 Å². The lowest BCUT2D eigenvalue weighted by molar-refractivity contribution is -0.119. The largest absolute Gasteiger partial charge is 0.467 e. The molecule has 4 nitrogen and oxygen atoms in total. The first-order chi connectivity index (χ1) is 9.15. The maximum Gasteiger partial charge on any atom is 0.239 e. The van der Waals surface area contributed by atoms with E-state index in [4.69, 9.17) is 4.42 Å². The molecule has 0 saturated heterocycles. The van der Waals surface area contributed by atoms with Gasteiger partial charge in [-0.2, -0.15) is 0 Å². The molecule has 100 valence electrons. The minimum atomic E-state index is -0.0722. The zero-order chi connectivity index (χ0) is 13.7. The van der Waals surface area contributed by atoms with Crippen LogP contribution in [0.15, 0.2) is 45.5 Å². The molecular formula is C14H15BrN2O2. The molecule has 0 radical (unpaired) electrons. The highest BCUT2D eigenvalue weighted by Gasteiger charge is 2.03. The predicted octanol–water partition coefficient (Wildman–Crippen LogP) is 3.08. The summed E-state index contributed by atoms with van der Waals surface area (Å²) in [6, 6.07) is 9.50. The molecule has 2 N–H and O–H groups in total. The highest BCUT2D eigenvalue weighted by atomic mass is 79.9. The summed E-state index contributed by atoms with van der Waals surface area (Å²) in [5, 5.41) is 5.86. The highest BCUT2D eigenvalue weighted by Crippen LogP contribution is 2.19. The van der Waals surface area contributed by atoms with Crippen LogP contribution in [0.4, 0.5) is 5.69 Å². The molecule has 0 aliphatic carbocycles. The average molecular weight is 323 g/mol. The van der Waals surface area contributed by atoms with Gasteiger partial charge in [-0.25, -0.2) is 0 Å². The number of furan rings is 1. The van der Waals surface area contributed by atoms with Crippen LogP contribution >= 0.6 is 15.9 Å². The second kappa shape index (κ2) is 6.43. The van der Waals surface area contributed by atoms with E-state index in [0.29, 0.717) is 6.54 Å². The zero-order valence-corrected chi connectivity index (χ0v) is 12.2. The summed E-state index contributed by atoms with van der Waals surface area (Å²) in [4.78, 5) is 11.6. The Balaban J connectivity index is 1.78. The van der Waals surface area contributed by atoms with Gasteiger partial charge in [-0.15, -0.1) is 0 Å². The van der Waals surface area contributed by atoms with Gasteiger partial charge in [-0.05, 0) is 42.8 Å². The Morgan fingerprint density at radius 3 is 2.89 bits per heavy atom. The summed E-state index contributed by atoms with van der Waals surface area (Å²) in [5.74, 6) is 0.671. The van der Waals surface area contributed by atoms with E-state index in [0.717, 1.165) is 21.5 Å². The van der Waals surface area contributed by atoms with Gasteiger partial charge in [0, 0.05) is 10.2 Å². The third kappa shape index (κ3) is 4.13. The van der Waals surface area contributed by atoms with E-state index in [9.17, 15) is 4.79 Å². The van der Waals surface area contributed by atoms with Crippen LogP contribution in [0.25, 0.3) is 0 Å². The SMILES string of the molecule is Cc1cc(NCC(=O)NCc2ccco2)ccc1Br. The maximum atomic E-state index is 11.6. The molecule has 0 spiro atoms. The van der Waals surface area contributed by atoms with Crippen LogP contribution in [0.5, 0.6) is 0 Å². The van der Waals surface area contributed by atoms with Crippen molar-refractivity contribution in [1.82, 2.24) is 5.32 Å². The van der Waals surface area contributed by atoms with Crippen LogP contribution in [0.1, 0.15) is 11.3 Å².